The van der Waals surface area contributed by atoms with E-state index < -0.39 is 0 Å². The van der Waals surface area contributed by atoms with Crippen LogP contribution in [0.1, 0.15) is 47.8 Å². The number of nitrogens with zero attached hydrogens (tertiary/aromatic N) is 3. The highest BCUT2D eigenvalue weighted by atomic mass is 32.1. The van der Waals surface area contributed by atoms with E-state index in [0.29, 0.717) is 35.6 Å². The molecule has 0 saturated carbocycles. The van der Waals surface area contributed by atoms with E-state index in [0.717, 1.165) is 29.8 Å². The van der Waals surface area contributed by atoms with Crippen LogP contribution in [0.3, 0.4) is 0 Å². The highest BCUT2D eigenvalue weighted by Crippen LogP contribution is 2.27. The Labute approximate surface area is 238 Å². The molecule has 1 saturated heterocycles. The largest absolute Gasteiger partial charge is 0.497 e. The Hall–Kier alpha value is -3.95. The van der Waals surface area contributed by atoms with Gasteiger partial charge in [-0.05, 0) is 72.2 Å². The normalized spacial score (nSPS) is 14.8. The number of anilines is 1. The zero-order chi connectivity index (χ0) is 28.1. The van der Waals surface area contributed by atoms with E-state index in [1.807, 2.05) is 58.6 Å². The van der Waals surface area contributed by atoms with Gasteiger partial charge in [-0.3, -0.25) is 19.5 Å². The van der Waals surface area contributed by atoms with Crippen LogP contribution in [0.2, 0.25) is 0 Å². The number of benzene rings is 2. The predicted molar refractivity (Wildman–Crippen MR) is 157 cm³/mol. The number of nitrogens with one attached hydrogen (secondary N) is 1. The fraction of sp³-hybridized carbons (Fsp3) is 0.323. The third-order valence-corrected chi connectivity index (χ3v) is 7.84. The van der Waals surface area contributed by atoms with Gasteiger partial charge >= 0.3 is 0 Å². The van der Waals surface area contributed by atoms with E-state index in [9.17, 15) is 9.59 Å². The minimum absolute atomic E-state index is 0.0696. The van der Waals surface area contributed by atoms with Gasteiger partial charge in [-0.15, -0.1) is 11.3 Å². The smallest absolute Gasteiger partial charge is 0.264 e. The summed E-state index contributed by atoms with van der Waals surface area (Å²) in [5.41, 5.74) is 3.69. The zero-order valence-electron chi connectivity index (χ0n) is 23.0. The molecule has 1 aliphatic heterocycles. The number of hydrogen-bond donors (Lipinski definition) is 1. The van der Waals surface area contributed by atoms with E-state index in [-0.39, 0.29) is 24.5 Å². The Morgan fingerprint density at radius 2 is 1.93 bits per heavy atom. The van der Waals surface area contributed by atoms with E-state index in [2.05, 4.69) is 31.3 Å². The zero-order valence-corrected chi connectivity index (χ0v) is 23.8. The van der Waals surface area contributed by atoms with Gasteiger partial charge in [-0.2, -0.15) is 0 Å². The summed E-state index contributed by atoms with van der Waals surface area (Å²) in [6.45, 7) is 5.25. The molecule has 0 spiro atoms. The van der Waals surface area contributed by atoms with Crippen LogP contribution >= 0.6 is 11.3 Å². The quantitative estimate of drug-likeness (QED) is 0.258. The first-order valence-corrected chi connectivity index (χ1v) is 14.4. The molecule has 40 heavy (non-hydrogen) atoms. The van der Waals surface area contributed by atoms with Crippen molar-refractivity contribution in [2.75, 3.05) is 32.1 Å². The molecule has 2 aromatic carbocycles. The van der Waals surface area contributed by atoms with Crippen molar-refractivity contribution >= 4 is 29.1 Å². The second-order valence-corrected chi connectivity index (χ2v) is 11.1. The number of rotatable bonds is 10. The van der Waals surface area contributed by atoms with E-state index in [1.165, 1.54) is 16.9 Å². The van der Waals surface area contributed by atoms with Gasteiger partial charge in [-0.1, -0.05) is 32.0 Å². The molecule has 0 bridgehead atoms. The minimum atomic E-state index is -0.324. The van der Waals surface area contributed by atoms with Gasteiger partial charge in [-0.25, -0.2) is 4.98 Å². The van der Waals surface area contributed by atoms with Crippen LogP contribution in [-0.2, 0) is 9.53 Å². The highest BCUT2D eigenvalue weighted by molar-refractivity contribution is 7.12. The van der Waals surface area contributed by atoms with Crippen molar-refractivity contribution in [1.82, 2.24) is 14.5 Å². The number of ether oxygens (including phenoxy) is 2. The lowest BCUT2D eigenvalue weighted by Gasteiger charge is -2.24. The van der Waals surface area contributed by atoms with Crippen molar-refractivity contribution < 1.29 is 19.1 Å². The first-order chi connectivity index (χ1) is 19.4. The maximum absolute atomic E-state index is 13.4. The summed E-state index contributed by atoms with van der Waals surface area (Å²) < 4.78 is 12.9. The summed E-state index contributed by atoms with van der Waals surface area (Å²) >= 11 is 1.37. The molecule has 9 heteroatoms. The van der Waals surface area contributed by atoms with Crippen LogP contribution in [0.15, 0.2) is 72.2 Å². The van der Waals surface area contributed by atoms with Gasteiger partial charge in [0.15, 0.2) is 0 Å². The second-order valence-electron chi connectivity index (χ2n) is 10.1. The molecule has 1 fully saturated rings. The van der Waals surface area contributed by atoms with Gasteiger partial charge in [0.1, 0.15) is 12.3 Å². The molecule has 4 aromatic rings. The molecule has 0 radical (unpaired) electrons. The molecule has 5 rings (SSSR count). The molecule has 0 unspecified atom stereocenters. The number of aromatic nitrogens is 2. The Kier molecular flexibility index (Phi) is 8.62. The monoisotopic (exact) mass is 558 g/mol. The molecule has 1 N–H and O–H groups in total. The Bertz CT molecular complexity index is 1420. The van der Waals surface area contributed by atoms with Crippen LogP contribution in [0, 0.1) is 0 Å². The van der Waals surface area contributed by atoms with Gasteiger partial charge < -0.3 is 14.4 Å². The van der Waals surface area contributed by atoms with Crippen LogP contribution in [-0.4, -0.2) is 59.2 Å². The standard InChI is InChI=1S/C31H34N4O4S/c1-21(2)22-8-12-24(13-9-22)35-19-27(23-10-14-25(38-3)15-11-23)32-31(35)33-29(36)20-34(18-26-6-4-16-39-26)30(37)28-7-5-17-40-28/h5,7-15,17,19,21,26H,4,6,16,18,20H2,1-3H3,(H,32,33,36)/t26-/m0/s1. The molecule has 1 aliphatic rings. The average molecular weight is 559 g/mol. The van der Waals surface area contributed by atoms with Crippen LogP contribution in [0.5, 0.6) is 5.75 Å². The lowest BCUT2D eigenvalue weighted by atomic mass is 10.0. The summed E-state index contributed by atoms with van der Waals surface area (Å²) in [6, 6.07) is 19.5. The van der Waals surface area contributed by atoms with Crippen molar-refractivity contribution in [2.24, 2.45) is 0 Å². The lowest BCUT2D eigenvalue weighted by molar-refractivity contribution is -0.117. The topological polar surface area (TPSA) is 85.7 Å². The third-order valence-electron chi connectivity index (χ3n) is 6.98. The third kappa shape index (κ3) is 6.43. The van der Waals surface area contributed by atoms with E-state index >= 15 is 0 Å². The number of hydrogen-bond acceptors (Lipinski definition) is 6. The molecule has 8 nitrogen and oxygen atoms in total. The van der Waals surface area contributed by atoms with Crippen molar-refractivity contribution in [3.8, 4) is 22.7 Å². The van der Waals surface area contributed by atoms with Gasteiger partial charge in [0, 0.05) is 30.6 Å². The number of amides is 2. The minimum Gasteiger partial charge on any atom is -0.497 e. The van der Waals surface area contributed by atoms with Crippen molar-refractivity contribution in [1.29, 1.82) is 0 Å². The maximum Gasteiger partial charge on any atom is 0.264 e. The maximum atomic E-state index is 13.4. The Balaban J connectivity index is 1.42. The van der Waals surface area contributed by atoms with Gasteiger partial charge in [0.2, 0.25) is 11.9 Å². The molecule has 3 heterocycles. The average Bonchev–Trinajstić information content (AvgIpc) is 3.75. The molecule has 2 aromatic heterocycles. The molecule has 0 aliphatic carbocycles. The molecule has 208 valence electrons. The van der Waals surface area contributed by atoms with E-state index in [4.69, 9.17) is 14.5 Å². The summed E-state index contributed by atoms with van der Waals surface area (Å²) in [6.07, 6.45) is 3.67. The molecule has 1 atom stereocenters. The second kappa shape index (κ2) is 12.5. The summed E-state index contributed by atoms with van der Waals surface area (Å²) in [7, 11) is 1.63. The van der Waals surface area contributed by atoms with Gasteiger partial charge in [0.25, 0.3) is 5.91 Å². The van der Waals surface area contributed by atoms with Crippen LogP contribution < -0.4 is 10.1 Å². The first-order valence-electron chi connectivity index (χ1n) is 13.5. The SMILES string of the molecule is COc1ccc(-c2cn(-c3ccc(C(C)C)cc3)c(NC(=O)CN(C[C@@H]3CCCO3)C(=O)c3cccs3)n2)cc1. The predicted octanol–water partition coefficient (Wildman–Crippen LogP) is 5.99. The first kappa shape index (κ1) is 27.6. The summed E-state index contributed by atoms with van der Waals surface area (Å²) in [4.78, 5) is 33.6. The van der Waals surface area contributed by atoms with E-state index in [1.54, 1.807) is 18.1 Å². The Morgan fingerprint density at radius 1 is 1.15 bits per heavy atom. The molecule has 2 amide bonds. The molecular weight excluding hydrogens is 524 g/mol. The van der Waals surface area contributed by atoms with Gasteiger partial charge in [0.05, 0.1) is 23.8 Å². The van der Waals surface area contributed by atoms with Crippen molar-refractivity contribution in [2.45, 2.75) is 38.7 Å². The van der Waals surface area contributed by atoms with Crippen LogP contribution in [0.25, 0.3) is 16.9 Å². The fourth-order valence-electron chi connectivity index (χ4n) is 4.73. The number of thiophene rings is 1. The van der Waals surface area contributed by atoms with Crippen LogP contribution in [0.4, 0.5) is 5.95 Å². The lowest BCUT2D eigenvalue weighted by Crippen LogP contribution is -2.42. The summed E-state index contributed by atoms with van der Waals surface area (Å²) in [5, 5.41) is 4.83. The Morgan fingerprint density at radius 3 is 2.55 bits per heavy atom. The fourth-order valence-corrected chi connectivity index (χ4v) is 5.42. The van der Waals surface area contributed by atoms with Crippen molar-refractivity contribution in [3.63, 3.8) is 0 Å². The van der Waals surface area contributed by atoms with Crippen molar-refractivity contribution in [3.05, 3.63) is 82.7 Å². The number of carbonyl (C=O) groups excluding carboxylic acids is 2. The number of carbonyl (C=O) groups is 2. The molecular formula is C31H34N4O4S. The summed E-state index contributed by atoms with van der Waals surface area (Å²) in [5.74, 6) is 1.04. The number of imidazole rings is 1. The highest BCUT2D eigenvalue weighted by Gasteiger charge is 2.26. The number of methoxy groups -OCH3 is 1.